The number of likely N-dealkylation sites (tertiary alicyclic amines) is 1. The summed E-state index contributed by atoms with van der Waals surface area (Å²) in [6.45, 7) is 4.29. The van der Waals surface area contributed by atoms with Crippen molar-refractivity contribution in [1.29, 1.82) is 0 Å². The highest BCUT2D eigenvalue weighted by Crippen LogP contribution is 2.31. The minimum atomic E-state index is -0.856. The van der Waals surface area contributed by atoms with Crippen LogP contribution < -0.4 is 0 Å². The number of aryl methyl sites for hydroxylation is 1. The fourth-order valence-electron chi connectivity index (χ4n) is 2.87. The van der Waals surface area contributed by atoms with Gasteiger partial charge < -0.3 is 10.0 Å². The van der Waals surface area contributed by atoms with Crippen LogP contribution in [0.5, 0.6) is 0 Å². The average Bonchev–Trinajstić information content (AvgIpc) is 3.17. The number of hydrogen-bond acceptors (Lipinski definition) is 4. The van der Waals surface area contributed by atoms with E-state index in [2.05, 4.69) is 10.1 Å². The summed E-state index contributed by atoms with van der Waals surface area (Å²) in [5, 5.41) is 13.4. The summed E-state index contributed by atoms with van der Waals surface area (Å²) < 4.78 is 1.64. The number of carbonyl (C=O) groups excluding carboxylic acids is 1. The zero-order valence-electron chi connectivity index (χ0n) is 13.1. The first-order chi connectivity index (χ1) is 10.9. The van der Waals surface area contributed by atoms with Crippen LogP contribution in [0.1, 0.15) is 29.3 Å². The molecule has 0 bridgehead atoms. The molecule has 7 heteroatoms. The Bertz CT molecular complexity index is 757. The molecule has 0 saturated carbocycles. The van der Waals surface area contributed by atoms with Crippen LogP contribution in [0.25, 0.3) is 5.69 Å². The van der Waals surface area contributed by atoms with Crippen LogP contribution in [0.3, 0.4) is 0 Å². The second-order valence-electron chi connectivity index (χ2n) is 6.18. The first-order valence-corrected chi connectivity index (χ1v) is 7.39. The zero-order chi connectivity index (χ0) is 16.6. The number of nitrogens with zero attached hydrogens (tertiary/aromatic N) is 4. The van der Waals surface area contributed by atoms with Gasteiger partial charge in [-0.25, -0.2) is 9.67 Å². The van der Waals surface area contributed by atoms with Gasteiger partial charge in [0.2, 0.25) is 0 Å². The lowest BCUT2D eigenvalue weighted by molar-refractivity contribution is -0.147. The lowest BCUT2D eigenvalue weighted by Gasteiger charge is -2.20. The van der Waals surface area contributed by atoms with Gasteiger partial charge in [-0.2, -0.15) is 5.10 Å². The van der Waals surface area contributed by atoms with Gasteiger partial charge in [0.05, 0.1) is 11.1 Å². The molecule has 120 valence electrons. The minimum absolute atomic E-state index is 0.136. The van der Waals surface area contributed by atoms with Gasteiger partial charge in [0, 0.05) is 18.7 Å². The van der Waals surface area contributed by atoms with Crippen molar-refractivity contribution in [3.63, 3.8) is 0 Å². The van der Waals surface area contributed by atoms with Gasteiger partial charge in [-0.3, -0.25) is 9.59 Å². The Balaban J connectivity index is 1.82. The molecule has 1 atom stereocenters. The van der Waals surface area contributed by atoms with Gasteiger partial charge in [0.1, 0.15) is 12.7 Å². The lowest BCUT2D eigenvalue weighted by atomic mass is 9.90. The number of aromatic nitrogens is 3. The molecule has 0 aliphatic carbocycles. The van der Waals surface area contributed by atoms with Crippen LogP contribution in [0.4, 0.5) is 0 Å². The molecule has 23 heavy (non-hydrogen) atoms. The first kappa shape index (κ1) is 15.2. The molecule has 0 unspecified atom stereocenters. The van der Waals surface area contributed by atoms with E-state index >= 15 is 0 Å². The van der Waals surface area contributed by atoms with Crippen LogP contribution in [0.2, 0.25) is 0 Å². The van der Waals surface area contributed by atoms with Crippen LogP contribution in [-0.2, 0) is 4.79 Å². The molecule has 7 nitrogen and oxygen atoms in total. The third kappa shape index (κ3) is 2.69. The van der Waals surface area contributed by atoms with E-state index in [1.165, 1.54) is 6.33 Å². The summed E-state index contributed by atoms with van der Waals surface area (Å²) in [5.41, 5.74) is 1.46. The Morgan fingerprint density at radius 1 is 1.35 bits per heavy atom. The van der Waals surface area contributed by atoms with E-state index in [4.69, 9.17) is 0 Å². The Morgan fingerprint density at radius 3 is 2.70 bits per heavy atom. The number of hydrogen-bond donors (Lipinski definition) is 1. The highest BCUT2D eigenvalue weighted by molar-refractivity contribution is 5.95. The maximum absolute atomic E-state index is 12.6. The zero-order valence-corrected chi connectivity index (χ0v) is 13.1. The largest absolute Gasteiger partial charge is 0.481 e. The van der Waals surface area contributed by atoms with Crippen molar-refractivity contribution in [2.45, 2.75) is 20.3 Å². The number of amides is 1. The van der Waals surface area contributed by atoms with Crippen LogP contribution in [0.15, 0.2) is 30.9 Å². The number of rotatable bonds is 3. The van der Waals surface area contributed by atoms with E-state index in [9.17, 15) is 14.7 Å². The molecule has 1 aliphatic rings. The van der Waals surface area contributed by atoms with Crippen molar-refractivity contribution >= 4 is 11.9 Å². The molecule has 0 spiro atoms. The average molecular weight is 314 g/mol. The maximum Gasteiger partial charge on any atom is 0.311 e. The standard InChI is InChI=1S/C16H18N4O3/c1-11-7-12(3-4-13(11)20-10-17-9-18-20)14(21)19-6-5-16(2,8-19)15(22)23/h3-4,7,9-10H,5-6,8H2,1-2H3,(H,22,23)/t16-/m1/s1. The molecule has 1 saturated heterocycles. The predicted molar refractivity (Wildman–Crippen MR) is 82.4 cm³/mol. The molecular weight excluding hydrogens is 296 g/mol. The SMILES string of the molecule is Cc1cc(C(=O)N2CC[C@@](C)(C(=O)O)C2)ccc1-n1cncn1. The Kier molecular flexibility index (Phi) is 3.63. The first-order valence-electron chi connectivity index (χ1n) is 7.39. The predicted octanol–water partition coefficient (Wildman–Crippen LogP) is 1.51. The van der Waals surface area contributed by atoms with E-state index in [1.807, 2.05) is 13.0 Å². The smallest absolute Gasteiger partial charge is 0.311 e. The Labute approximate surface area is 133 Å². The van der Waals surface area contributed by atoms with Gasteiger partial charge in [0.15, 0.2) is 0 Å². The quantitative estimate of drug-likeness (QED) is 0.928. The van der Waals surface area contributed by atoms with Crippen molar-refractivity contribution in [2.75, 3.05) is 13.1 Å². The van der Waals surface area contributed by atoms with Crippen LogP contribution >= 0.6 is 0 Å². The van der Waals surface area contributed by atoms with E-state index in [1.54, 1.807) is 35.0 Å². The molecule has 1 N–H and O–H groups in total. The number of benzene rings is 1. The van der Waals surface area contributed by atoms with Crippen LogP contribution in [0, 0.1) is 12.3 Å². The van der Waals surface area contributed by atoms with Gasteiger partial charge in [0.25, 0.3) is 5.91 Å². The second-order valence-corrected chi connectivity index (χ2v) is 6.18. The molecule has 2 heterocycles. The van der Waals surface area contributed by atoms with Gasteiger partial charge in [-0.05, 0) is 44.0 Å². The summed E-state index contributed by atoms with van der Waals surface area (Å²) in [4.78, 5) is 29.4. The van der Waals surface area contributed by atoms with Gasteiger partial charge in [-0.15, -0.1) is 0 Å². The molecule has 1 amide bonds. The molecule has 3 rings (SSSR count). The van der Waals surface area contributed by atoms with Crippen molar-refractivity contribution in [3.8, 4) is 5.69 Å². The maximum atomic E-state index is 12.6. The number of carbonyl (C=O) groups is 2. The van der Waals surface area contributed by atoms with E-state index in [0.29, 0.717) is 18.5 Å². The molecule has 0 radical (unpaired) electrons. The molecule has 1 aliphatic heterocycles. The van der Waals surface area contributed by atoms with E-state index in [-0.39, 0.29) is 12.5 Å². The summed E-state index contributed by atoms with van der Waals surface area (Å²) in [6, 6.07) is 5.36. The molecule has 2 aromatic rings. The third-order valence-corrected chi connectivity index (χ3v) is 4.39. The van der Waals surface area contributed by atoms with Crippen LogP contribution in [-0.4, -0.2) is 49.7 Å². The number of carboxylic acids is 1. The summed E-state index contributed by atoms with van der Waals surface area (Å²) in [7, 11) is 0. The fourth-order valence-corrected chi connectivity index (χ4v) is 2.87. The van der Waals surface area contributed by atoms with Crippen molar-refractivity contribution in [2.24, 2.45) is 5.41 Å². The monoisotopic (exact) mass is 314 g/mol. The van der Waals surface area contributed by atoms with E-state index in [0.717, 1.165) is 11.3 Å². The molecular formula is C16H18N4O3. The highest BCUT2D eigenvalue weighted by atomic mass is 16.4. The second kappa shape index (κ2) is 5.49. The Hall–Kier alpha value is -2.70. The minimum Gasteiger partial charge on any atom is -0.481 e. The van der Waals surface area contributed by atoms with Crippen molar-refractivity contribution < 1.29 is 14.7 Å². The highest BCUT2D eigenvalue weighted by Gasteiger charge is 2.42. The molecule has 1 fully saturated rings. The molecule has 1 aromatic heterocycles. The summed E-state index contributed by atoms with van der Waals surface area (Å²) in [5.74, 6) is -0.992. The van der Waals surface area contributed by atoms with Crippen molar-refractivity contribution in [3.05, 3.63) is 42.0 Å². The number of aliphatic carboxylic acids is 1. The van der Waals surface area contributed by atoms with Gasteiger partial charge >= 0.3 is 5.97 Å². The lowest BCUT2D eigenvalue weighted by Crippen LogP contribution is -2.34. The fraction of sp³-hybridized carbons (Fsp3) is 0.375. The Morgan fingerprint density at radius 2 is 2.13 bits per heavy atom. The number of carboxylic acid groups (broad SMARTS) is 1. The van der Waals surface area contributed by atoms with Crippen molar-refractivity contribution in [1.82, 2.24) is 19.7 Å². The van der Waals surface area contributed by atoms with Gasteiger partial charge in [-0.1, -0.05) is 0 Å². The third-order valence-electron chi connectivity index (χ3n) is 4.39. The van der Waals surface area contributed by atoms with E-state index < -0.39 is 11.4 Å². The summed E-state index contributed by atoms with van der Waals surface area (Å²) in [6.07, 6.45) is 3.53. The normalized spacial score (nSPS) is 20.7. The topological polar surface area (TPSA) is 88.3 Å². The molecule has 1 aromatic carbocycles. The summed E-state index contributed by atoms with van der Waals surface area (Å²) >= 11 is 0.